The lowest BCUT2D eigenvalue weighted by molar-refractivity contribution is 0.130. The van der Waals surface area contributed by atoms with E-state index in [1.807, 2.05) is 0 Å². The quantitative estimate of drug-likeness (QED) is 0.805. The lowest BCUT2D eigenvalue weighted by Gasteiger charge is -2.27. The Balaban J connectivity index is 2.51. The summed E-state index contributed by atoms with van der Waals surface area (Å²) in [4.78, 5) is 2.34. The molecular formula is C15H24FNO. The number of halogens is 1. The molecule has 0 spiro atoms. The van der Waals surface area contributed by atoms with E-state index in [0.717, 1.165) is 19.5 Å². The standard InChI is InChI=1S/C15H24FNO/c1-4-9-17(12(2)3)10-8-15(18)13-6-5-7-14(16)11-13/h5-7,11-12,15,18H,4,8-10H2,1-3H3. The van der Waals surface area contributed by atoms with E-state index in [1.165, 1.54) is 12.1 Å². The third-order valence-corrected chi connectivity index (χ3v) is 3.16. The summed E-state index contributed by atoms with van der Waals surface area (Å²) < 4.78 is 13.1. The van der Waals surface area contributed by atoms with Crippen molar-refractivity contribution in [2.24, 2.45) is 0 Å². The fraction of sp³-hybridized carbons (Fsp3) is 0.600. The Hall–Kier alpha value is -0.930. The van der Waals surface area contributed by atoms with Crippen LogP contribution in [-0.2, 0) is 0 Å². The Morgan fingerprint density at radius 2 is 2.00 bits per heavy atom. The second kappa shape index (κ2) is 7.49. The zero-order chi connectivity index (χ0) is 13.5. The highest BCUT2D eigenvalue weighted by Crippen LogP contribution is 2.18. The number of aliphatic hydroxyl groups is 1. The van der Waals surface area contributed by atoms with Gasteiger partial charge in [0, 0.05) is 12.6 Å². The summed E-state index contributed by atoms with van der Waals surface area (Å²) in [6.07, 6.45) is 1.16. The van der Waals surface area contributed by atoms with Crippen molar-refractivity contribution in [2.75, 3.05) is 13.1 Å². The van der Waals surface area contributed by atoms with Crippen molar-refractivity contribution < 1.29 is 9.50 Å². The highest BCUT2D eigenvalue weighted by atomic mass is 19.1. The fourth-order valence-corrected chi connectivity index (χ4v) is 2.08. The molecule has 0 saturated heterocycles. The van der Waals surface area contributed by atoms with Gasteiger partial charge in [0.05, 0.1) is 6.10 Å². The van der Waals surface area contributed by atoms with Gasteiger partial charge in [-0.1, -0.05) is 19.1 Å². The van der Waals surface area contributed by atoms with Crippen LogP contribution in [0.15, 0.2) is 24.3 Å². The van der Waals surface area contributed by atoms with Gasteiger partial charge < -0.3 is 10.0 Å². The third kappa shape index (κ3) is 4.75. The summed E-state index contributed by atoms with van der Waals surface area (Å²) >= 11 is 0. The maximum atomic E-state index is 13.1. The van der Waals surface area contributed by atoms with E-state index in [4.69, 9.17) is 0 Å². The number of benzene rings is 1. The van der Waals surface area contributed by atoms with Crippen molar-refractivity contribution in [3.63, 3.8) is 0 Å². The number of hydrogen-bond donors (Lipinski definition) is 1. The highest BCUT2D eigenvalue weighted by molar-refractivity contribution is 5.18. The Morgan fingerprint density at radius 1 is 1.28 bits per heavy atom. The van der Waals surface area contributed by atoms with Gasteiger partial charge in [-0.05, 0) is 50.9 Å². The zero-order valence-electron chi connectivity index (χ0n) is 11.6. The van der Waals surface area contributed by atoms with Crippen molar-refractivity contribution in [1.82, 2.24) is 4.90 Å². The first-order chi connectivity index (χ1) is 8.54. The van der Waals surface area contributed by atoms with Crippen LogP contribution in [0.4, 0.5) is 4.39 Å². The molecule has 0 aliphatic carbocycles. The summed E-state index contributed by atoms with van der Waals surface area (Å²) in [5, 5.41) is 10.1. The number of rotatable bonds is 7. The van der Waals surface area contributed by atoms with Crippen molar-refractivity contribution in [1.29, 1.82) is 0 Å². The van der Waals surface area contributed by atoms with E-state index < -0.39 is 6.10 Å². The van der Waals surface area contributed by atoms with E-state index in [-0.39, 0.29) is 5.82 Å². The molecule has 1 aromatic rings. The van der Waals surface area contributed by atoms with Crippen LogP contribution < -0.4 is 0 Å². The average Bonchev–Trinajstić information content (AvgIpc) is 2.33. The minimum atomic E-state index is -0.584. The van der Waals surface area contributed by atoms with Crippen molar-refractivity contribution in [3.8, 4) is 0 Å². The van der Waals surface area contributed by atoms with Gasteiger partial charge in [0.2, 0.25) is 0 Å². The van der Waals surface area contributed by atoms with Gasteiger partial charge in [-0.3, -0.25) is 0 Å². The monoisotopic (exact) mass is 253 g/mol. The highest BCUT2D eigenvalue weighted by Gasteiger charge is 2.13. The molecule has 1 N–H and O–H groups in total. The summed E-state index contributed by atoms with van der Waals surface area (Å²) in [7, 11) is 0. The van der Waals surface area contributed by atoms with Crippen LogP contribution >= 0.6 is 0 Å². The number of hydrogen-bond acceptors (Lipinski definition) is 2. The Bertz CT molecular complexity index is 354. The van der Waals surface area contributed by atoms with Gasteiger partial charge in [0.1, 0.15) is 5.82 Å². The van der Waals surface area contributed by atoms with Gasteiger partial charge in [-0.15, -0.1) is 0 Å². The SMILES string of the molecule is CCCN(CCC(O)c1cccc(F)c1)C(C)C. The summed E-state index contributed by atoms with van der Waals surface area (Å²) in [6.45, 7) is 8.34. The first-order valence-corrected chi connectivity index (χ1v) is 6.72. The van der Waals surface area contributed by atoms with Gasteiger partial charge in [-0.2, -0.15) is 0 Å². The summed E-state index contributed by atoms with van der Waals surface area (Å²) in [5.41, 5.74) is 0.662. The molecule has 1 aromatic carbocycles. The fourth-order valence-electron chi connectivity index (χ4n) is 2.08. The lowest BCUT2D eigenvalue weighted by Crippen LogP contribution is -2.33. The summed E-state index contributed by atoms with van der Waals surface area (Å²) in [6, 6.07) is 6.69. The summed E-state index contributed by atoms with van der Waals surface area (Å²) in [5.74, 6) is -0.291. The van der Waals surface area contributed by atoms with Crippen LogP contribution in [0.5, 0.6) is 0 Å². The molecule has 0 aliphatic heterocycles. The van der Waals surface area contributed by atoms with Crippen LogP contribution in [-0.4, -0.2) is 29.1 Å². The van der Waals surface area contributed by atoms with Crippen LogP contribution in [0.3, 0.4) is 0 Å². The second-order valence-corrected chi connectivity index (χ2v) is 4.99. The van der Waals surface area contributed by atoms with Crippen molar-refractivity contribution in [3.05, 3.63) is 35.6 Å². The maximum absolute atomic E-state index is 13.1. The Kier molecular flexibility index (Phi) is 6.30. The van der Waals surface area contributed by atoms with E-state index in [0.29, 0.717) is 18.0 Å². The van der Waals surface area contributed by atoms with Gasteiger partial charge in [0.25, 0.3) is 0 Å². The molecule has 0 aliphatic rings. The topological polar surface area (TPSA) is 23.5 Å². The maximum Gasteiger partial charge on any atom is 0.123 e. The number of nitrogens with zero attached hydrogens (tertiary/aromatic N) is 1. The molecule has 0 saturated carbocycles. The molecule has 18 heavy (non-hydrogen) atoms. The molecule has 102 valence electrons. The minimum Gasteiger partial charge on any atom is -0.388 e. The normalized spacial score (nSPS) is 13.3. The molecule has 2 nitrogen and oxygen atoms in total. The molecule has 0 fully saturated rings. The van der Waals surface area contributed by atoms with E-state index in [2.05, 4.69) is 25.7 Å². The van der Waals surface area contributed by atoms with Gasteiger partial charge >= 0.3 is 0 Å². The van der Waals surface area contributed by atoms with Gasteiger partial charge in [-0.25, -0.2) is 4.39 Å². The molecule has 1 atom stereocenters. The van der Waals surface area contributed by atoms with Crippen LogP contribution in [0.25, 0.3) is 0 Å². The predicted molar refractivity (Wildman–Crippen MR) is 73.0 cm³/mol. The van der Waals surface area contributed by atoms with Crippen LogP contribution in [0, 0.1) is 5.82 Å². The Morgan fingerprint density at radius 3 is 2.56 bits per heavy atom. The van der Waals surface area contributed by atoms with Crippen molar-refractivity contribution >= 4 is 0 Å². The van der Waals surface area contributed by atoms with Gasteiger partial charge in [0.15, 0.2) is 0 Å². The molecule has 0 bridgehead atoms. The molecule has 0 radical (unpaired) electrons. The zero-order valence-corrected chi connectivity index (χ0v) is 11.6. The average molecular weight is 253 g/mol. The van der Waals surface area contributed by atoms with E-state index in [9.17, 15) is 9.50 Å². The minimum absolute atomic E-state index is 0.291. The van der Waals surface area contributed by atoms with Crippen LogP contribution in [0.2, 0.25) is 0 Å². The molecule has 0 amide bonds. The molecule has 3 heteroatoms. The first-order valence-electron chi connectivity index (χ1n) is 6.72. The van der Waals surface area contributed by atoms with Crippen molar-refractivity contribution in [2.45, 2.75) is 45.8 Å². The molecular weight excluding hydrogens is 229 g/mol. The molecule has 0 heterocycles. The smallest absolute Gasteiger partial charge is 0.123 e. The third-order valence-electron chi connectivity index (χ3n) is 3.16. The van der Waals surface area contributed by atoms with E-state index in [1.54, 1.807) is 12.1 Å². The lowest BCUT2D eigenvalue weighted by atomic mass is 10.1. The largest absolute Gasteiger partial charge is 0.388 e. The van der Waals surface area contributed by atoms with Crippen LogP contribution in [0.1, 0.15) is 45.3 Å². The second-order valence-electron chi connectivity index (χ2n) is 4.99. The molecule has 1 unspecified atom stereocenters. The molecule has 1 rings (SSSR count). The first kappa shape index (κ1) is 15.1. The predicted octanol–water partition coefficient (Wildman–Crippen LogP) is 3.37. The molecule has 0 aromatic heterocycles. The Labute approximate surface area is 109 Å². The number of aliphatic hydroxyl groups excluding tert-OH is 1. The van der Waals surface area contributed by atoms with E-state index >= 15 is 0 Å².